The summed E-state index contributed by atoms with van der Waals surface area (Å²) in [5, 5.41) is 1.21. The zero-order valence-electron chi connectivity index (χ0n) is 11.8. The summed E-state index contributed by atoms with van der Waals surface area (Å²) in [6, 6.07) is 18.3. The Morgan fingerprint density at radius 2 is 1.59 bits per heavy atom. The number of hydrogen-bond acceptors (Lipinski definition) is 3. The maximum atomic E-state index is 10.6. The molecule has 1 aromatic heterocycles. The number of para-hydroxylation sites is 1. The van der Waals surface area contributed by atoms with Crippen molar-refractivity contribution < 1.29 is 13.0 Å². The Bertz CT molecular complexity index is 895. The van der Waals surface area contributed by atoms with Crippen molar-refractivity contribution >= 4 is 37.0 Å². The van der Waals surface area contributed by atoms with Crippen LogP contribution in [0.15, 0.2) is 70.0 Å². The minimum absolute atomic E-state index is 0.111. The second-order valence-corrected chi connectivity index (χ2v) is 6.80. The van der Waals surface area contributed by atoms with Crippen molar-refractivity contribution in [1.82, 2.24) is 4.98 Å². The molecule has 3 rings (SSSR count). The molecule has 1 heterocycles. The number of benzene rings is 2. The molecule has 0 aliphatic carbocycles. The molecule has 0 bridgehead atoms. The van der Waals surface area contributed by atoms with E-state index in [9.17, 15) is 8.42 Å². The van der Waals surface area contributed by atoms with Crippen LogP contribution in [0.2, 0.25) is 0 Å². The summed E-state index contributed by atoms with van der Waals surface area (Å²) < 4.78 is 30.1. The van der Waals surface area contributed by atoms with E-state index in [1.165, 1.54) is 17.5 Å². The first-order chi connectivity index (χ1) is 10.4. The Labute approximate surface area is 137 Å². The zero-order valence-corrected chi connectivity index (χ0v) is 14.2. The third-order valence-electron chi connectivity index (χ3n) is 2.85. The maximum Gasteiger partial charge on any atom is 0.295 e. The van der Waals surface area contributed by atoms with E-state index in [-0.39, 0.29) is 4.90 Å². The molecule has 1 N–H and O–H groups in total. The van der Waals surface area contributed by atoms with Gasteiger partial charge in [0.25, 0.3) is 10.1 Å². The van der Waals surface area contributed by atoms with Crippen LogP contribution >= 0.6 is 15.9 Å². The van der Waals surface area contributed by atoms with Gasteiger partial charge in [-0.1, -0.05) is 36.4 Å². The number of hydrogen-bond donors (Lipinski definition) is 1. The first-order valence-corrected chi connectivity index (χ1v) is 8.65. The molecule has 0 saturated heterocycles. The molecule has 6 heteroatoms. The van der Waals surface area contributed by atoms with Crippen molar-refractivity contribution in [3.63, 3.8) is 0 Å². The minimum Gasteiger partial charge on any atom is -0.282 e. The number of rotatable bonds is 1. The molecule has 0 radical (unpaired) electrons. The Morgan fingerprint density at radius 1 is 0.955 bits per heavy atom. The molecule has 0 spiro atoms. The van der Waals surface area contributed by atoms with Gasteiger partial charge in [-0.2, -0.15) is 8.42 Å². The molecule has 3 aromatic rings. The van der Waals surface area contributed by atoms with Crippen molar-refractivity contribution in [2.75, 3.05) is 0 Å². The van der Waals surface area contributed by atoms with Gasteiger partial charge in [0.2, 0.25) is 0 Å². The molecule has 2 aromatic carbocycles. The summed E-state index contributed by atoms with van der Waals surface area (Å²) in [7, 11) is -4.08. The Kier molecular flexibility index (Phi) is 5.28. The normalized spacial score (nSPS) is 10.9. The zero-order chi connectivity index (χ0) is 16.2. The van der Waals surface area contributed by atoms with Gasteiger partial charge in [-0.15, -0.1) is 0 Å². The molecule has 0 amide bonds. The average Bonchev–Trinajstić information content (AvgIpc) is 2.47. The van der Waals surface area contributed by atoms with Gasteiger partial charge in [0.05, 0.1) is 5.52 Å². The lowest BCUT2D eigenvalue weighted by atomic mass is 10.2. The lowest BCUT2D eigenvalue weighted by Crippen LogP contribution is -1.98. The van der Waals surface area contributed by atoms with Crippen molar-refractivity contribution in [2.45, 2.75) is 11.8 Å². The number of aromatic nitrogens is 1. The second-order valence-electron chi connectivity index (χ2n) is 4.55. The molecule has 0 fully saturated rings. The highest BCUT2D eigenvalue weighted by atomic mass is 79.9. The quantitative estimate of drug-likeness (QED) is 0.642. The number of nitrogens with zero attached hydrogens (tertiary/aromatic N) is 1. The van der Waals surface area contributed by atoms with Gasteiger partial charge in [0.15, 0.2) is 0 Å². The van der Waals surface area contributed by atoms with Crippen LogP contribution in [0, 0.1) is 6.92 Å². The van der Waals surface area contributed by atoms with E-state index in [0.29, 0.717) is 4.47 Å². The van der Waals surface area contributed by atoms with Crippen LogP contribution in [0.25, 0.3) is 10.9 Å². The van der Waals surface area contributed by atoms with Crippen LogP contribution in [0.3, 0.4) is 0 Å². The molecule has 0 atom stereocenters. The lowest BCUT2D eigenvalue weighted by Gasteiger charge is -1.97. The molecule has 0 aliphatic heterocycles. The summed E-state index contributed by atoms with van der Waals surface area (Å²) in [5.41, 5.74) is 2.15. The second kappa shape index (κ2) is 7.00. The smallest absolute Gasteiger partial charge is 0.282 e. The van der Waals surface area contributed by atoms with Crippen molar-refractivity contribution in [2.24, 2.45) is 0 Å². The molecular formula is C16H14BrNO3S. The van der Waals surface area contributed by atoms with Gasteiger partial charge in [0, 0.05) is 15.6 Å². The van der Waals surface area contributed by atoms with Crippen molar-refractivity contribution in [3.8, 4) is 0 Å². The molecule has 114 valence electrons. The van der Waals surface area contributed by atoms with E-state index in [0.717, 1.165) is 11.2 Å². The fourth-order valence-electron chi connectivity index (χ4n) is 1.82. The number of pyridine rings is 1. The highest BCUT2D eigenvalue weighted by molar-refractivity contribution is 9.10. The van der Waals surface area contributed by atoms with Crippen LogP contribution < -0.4 is 0 Å². The van der Waals surface area contributed by atoms with Crippen molar-refractivity contribution in [3.05, 3.63) is 70.8 Å². The van der Waals surface area contributed by atoms with Crippen LogP contribution in [0.4, 0.5) is 0 Å². The number of fused-ring (bicyclic) bond motifs is 1. The summed E-state index contributed by atoms with van der Waals surface area (Å²) in [4.78, 5) is 4.26. The van der Waals surface area contributed by atoms with Gasteiger partial charge in [-0.05, 0) is 47.1 Å². The Balaban J connectivity index is 0.000000160. The average molecular weight is 380 g/mol. The molecule has 4 nitrogen and oxygen atoms in total. The highest BCUT2D eigenvalue weighted by Gasteiger charge is 2.11. The summed E-state index contributed by atoms with van der Waals surface area (Å²) in [6.45, 7) is 2.01. The fraction of sp³-hybridized carbons (Fsp3) is 0.0625. The topological polar surface area (TPSA) is 67.3 Å². The predicted molar refractivity (Wildman–Crippen MR) is 90.4 cm³/mol. The van der Waals surface area contributed by atoms with Gasteiger partial charge in [-0.25, -0.2) is 0 Å². The van der Waals surface area contributed by atoms with Crippen LogP contribution in [0.5, 0.6) is 0 Å². The van der Waals surface area contributed by atoms with Gasteiger partial charge in [0.1, 0.15) is 4.90 Å². The van der Waals surface area contributed by atoms with Gasteiger partial charge >= 0.3 is 0 Å². The van der Waals surface area contributed by atoms with Gasteiger partial charge < -0.3 is 0 Å². The number of halogens is 1. The molecule has 0 unspecified atom stereocenters. The van der Waals surface area contributed by atoms with E-state index < -0.39 is 10.1 Å². The summed E-state index contributed by atoms with van der Waals surface area (Å²) in [5.74, 6) is 0. The Morgan fingerprint density at radius 3 is 2.23 bits per heavy atom. The SMILES string of the molecule is Cc1ccc2ccccc2n1.O=S(=O)(O)c1ccccc1Br. The Hall–Kier alpha value is -1.76. The monoisotopic (exact) mass is 379 g/mol. The standard InChI is InChI=1S/C10H9N.C6H5BrO3S/c1-8-6-7-9-4-2-3-5-10(9)11-8;7-5-3-1-2-4-6(5)11(8,9)10/h2-7H,1H3;1-4H,(H,8,9,10). The third-order valence-corrected chi connectivity index (χ3v) is 4.72. The molecule has 22 heavy (non-hydrogen) atoms. The van der Waals surface area contributed by atoms with E-state index in [2.05, 4.69) is 33.0 Å². The molecule has 0 saturated carbocycles. The molecule has 0 aliphatic rings. The number of aryl methyl sites for hydroxylation is 1. The van der Waals surface area contributed by atoms with E-state index in [4.69, 9.17) is 4.55 Å². The summed E-state index contributed by atoms with van der Waals surface area (Å²) >= 11 is 2.99. The predicted octanol–water partition coefficient (Wildman–Crippen LogP) is 4.24. The molecular weight excluding hydrogens is 366 g/mol. The largest absolute Gasteiger partial charge is 0.295 e. The third kappa shape index (κ3) is 4.37. The highest BCUT2D eigenvalue weighted by Crippen LogP contribution is 2.20. The minimum atomic E-state index is -4.08. The maximum absolute atomic E-state index is 10.6. The van der Waals surface area contributed by atoms with Crippen molar-refractivity contribution in [1.29, 1.82) is 0 Å². The van der Waals surface area contributed by atoms with Crippen LogP contribution in [-0.4, -0.2) is 18.0 Å². The van der Waals surface area contributed by atoms with E-state index in [1.54, 1.807) is 12.1 Å². The first kappa shape index (κ1) is 16.6. The van der Waals surface area contributed by atoms with Gasteiger partial charge in [-0.3, -0.25) is 9.54 Å². The fourth-order valence-corrected chi connectivity index (χ4v) is 3.29. The van der Waals surface area contributed by atoms with Crippen LogP contribution in [0.1, 0.15) is 5.69 Å². The summed E-state index contributed by atoms with van der Waals surface area (Å²) in [6.07, 6.45) is 0. The first-order valence-electron chi connectivity index (χ1n) is 6.42. The van der Waals surface area contributed by atoms with E-state index in [1.807, 2.05) is 31.2 Å². The van der Waals surface area contributed by atoms with Crippen LogP contribution in [-0.2, 0) is 10.1 Å². The van der Waals surface area contributed by atoms with E-state index >= 15 is 0 Å². The lowest BCUT2D eigenvalue weighted by molar-refractivity contribution is 0.482.